The highest BCUT2D eigenvalue weighted by atomic mass is 32.2. The summed E-state index contributed by atoms with van der Waals surface area (Å²) in [5, 5.41) is 3.00. The zero-order chi connectivity index (χ0) is 18.1. The van der Waals surface area contributed by atoms with Gasteiger partial charge in [-0.2, -0.15) is 4.31 Å². The van der Waals surface area contributed by atoms with Crippen molar-refractivity contribution in [3.63, 3.8) is 0 Å². The highest BCUT2D eigenvalue weighted by Gasteiger charge is 2.29. The highest BCUT2D eigenvalue weighted by Crippen LogP contribution is 2.31. The van der Waals surface area contributed by atoms with E-state index < -0.39 is 10.0 Å². The summed E-state index contributed by atoms with van der Waals surface area (Å²) in [6.07, 6.45) is 3.16. The summed E-state index contributed by atoms with van der Waals surface area (Å²) >= 11 is 0. The standard InChI is InChI=1S/C18H21N3O4S/c22-18(20-16-6-5-13-3-1-2-4-15(13)16)17-11-14(12-19-17)26(23,24)21-7-9-25-10-8-21/h1-4,11-12,16,19H,5-10H2,(H,20,22). The van der Waals surface area contributed by atoms with Crippen molar-refractivity contribution >= 4 is 15.9 Å². The van der Waals surface area contributed by atoms with Crippen LogP contribution >= 0.6 is 0 Å². The number of H-pyrrole nitrogens is 1. The lowest BCUT2D eigenvalue weighted by Crippen LogP contribution is -2.40. The molecule has 7 nitrogen and oxygen atoms in total. The molecule has 1 unspecified atom stereocenters. The van der Waals surface area contributed by atoms with Crippen LogP contribution in [0.25, 0.3) is 0 Å². The Labute approximate surface area is 152 Å². The Morgan fingerprint density at radius 1 is 1.23 bits per heavy atom. The zero-order valence-corrected chi connectivity index (χ0v) is 15.1. The number of hydrogen-bond donors (Lipinski definition) is 2. The number of rotatable bonds is 4. The van der Waals surface area contributed by atoms with E-state index in [0.29, 0.717) is 26.3 Å². The lowest BCUT2D eigenvalue weighted by Gasteiger charge is -2.25. The second kappa shape index (κ2) is 6.86. The van der Waals surface area contributed by atoms with Crippen LogP contribution in [0.3, 0.4) is 0 Å². The molecular weight excluding hydrogens is 354 g/mol. The van der Waals surface area contributed by atoms with E-state index in [2.05, 4.69) is 16.4 Å². The topological polar surface area (TPSA) is 91.5 Å². The van der Waals surface area contributed by atoms with E-state index in [4.69, 9.17) is 4.74 Å². The molecule has 2 aromatic rings. The van der Waals surface area contributed by atoms with Gasteiger partial charge in [0.25, 0.3) is 5.91 Å². The largest absolute Gasteiger partial charge is 0.379 e. The SMILES string of the molecule is O=C(NC1CCc2ccccc21)c1cc(S(=O)(=O)N2CCOCC2)c[nH]1. The quantitative estimate of drug-likeness (QED) is 0.846. The van der Waals surface area contributed by atoms with Crippen LogP contribution in [-0.4, -0.2) is 49.9 Å². The van der Waals surface area contributed by atoms with Gasteiger partial charge >= 0.3 is 0 Å². The van der Waals surface area contributed by atoms with Crippen molar-refractivity contribution in [2.24, 2.45) is 0 Å². The molecule has 1 aliphatic carbocycles. The molecule has 0 saturated carbocycles. The number of benzene rings is 1. The summed E-state index contributed by atoms with van der Waals surface area (Å²) in [6, 6.07) is 9.42. The van der Waals surface area contributed by atoms with E-state index in [0.717, 1.165) is 18.4 Å². The maximum Gasteiger partial charge on any atom is 0.268 e. The first-order valence-corrected chi connectivity index (χ1v) is 10.1. The number of sulfonamides is 1. The maximum atomic E-state index is 12.7. The first-order chi connectivity index (χ1) is 12.6. The van der Waals surface area contributed by atoms with Crippen LogP contribution < -0.4 is 5.32 Å². The first kappa shape index (κ1) is 17.3. The number of amides is 1. The average Bonchev–Trinajstić information content (AvgIpc) is 3.31. The lowest BCUT2D eigenvalue weighted by atomic mass is 10.1. The van der Waals surface area contributed by atoms with Crippen LogP contribution in [0.15, 0.2) is 41.4 Å². The first-order valence-electron chi connectivity index (χ1n) is 8.71. The molecule has 1 aromatic heterocycles. The number of carbonyl (C=O) groups is 1. The van der Waals surface area contributed by atoms with E-state index >= 15 is 0 Å². The molecule has 1 atom stereocenters. The summed E-state index contributed by atoms with van der Waals surface area (Å²) in [4.78, 5) is 15.5. The Bertz CT molecular complexity index is 916. The van der Waals surface area contributed by atoms with Gasteiger partial charge in [-0.15, -0.1) is 0 Å². The second-order valence-electron chi connectivity index (χ2n) is 6.53. The molecule has 138 valence electrons. The van der Waals surface area contributed by atoms with Gasteiger partial charge in [0, 0.05) is 19.3 Å². The monoisotopic (exact) mass is 375 g/mol. The molecule has 8 heteroatoms. The number of nitrogens with zero attached hydrogens (tertiary/aromatic N) is 1. The third-order valence-corrected chi connectivity index (χ3v) is 6.82. The predicted octanol–water partition coefficient (Wildman–Crippen LogP) is 1.45. The fraction of sp³-hybridized carbons (Fsp3) is 0.389. The third kappa shape index (κ3) is 3.15. The minimum atomic E-state index is -3.61. The van der Waals surface area contributed by atoms with Gasteiger partial charge in [-0.05, 0) is 30.0 Å². The molecule has 1 fully saturated rings. The summed E-state index contributed by atoms with van der Waals surface area (Å²) in [6.45, 7) is 1.43. The van der Waals surface area contributed by atoms with Gasteiger partial charge < -0.3 is 15.0 Å². The van der Waals surface area contributed by atoms with Gasteiger partial charge in [0.15, 0.2) is 0 Å². The van der Waals surface area contributed by atoms with Gasteiger partial charge in [0.1, 0.15) is 10.6 Å². The van der Waals surface area contributed by atoms with Gasteiger partial charge in [0.05, 0.1) is 19.3 Å². The van der Waals surface area contributed by atoms with Crippen LogP contribution in [0.1, 0.15) is 34.1 Å². The van der Waals surface area contributed by atoms with Crippen molar-refractivity contribution in [1.82, 2.24) is 14.6 Å². The average molecular weight is 375 g/mol. The number of aromatic nitrogens is 1. The van der Waals surface area contributed by atoms with Crippen molar-refractivity contribution in [1.29, 1.82) is 0 Å². The molecule has 2 N–H and O–H groups in total. The number of aromatic amines is 1. The molecule has 2 aliphatic rings. The molecule has 2 heterocycles. The van der Waals surface area contributed by atoms with Gasteiger partial charge in [-0.25, -0.2) is 8.42 Å². The van der Waals surface area contributed by atoms with Crippen LogP contribution in [0, 0.1) is 0 Å². The van der Waals surface area contributed by atoms with E-state index in [-0.39, 0.29) is 22.5 Å². The number of ether oxygens (including phenoxy) is 1. The zero-order valence-electron chi connectivity index (χ0n) is 14.3. The van der Waals surface area contributed by atoms with Crippen molar-refractivity contribution in [3.05, 3.63) is 53.3 Å². The second-order valence-corrected chi connectivity index (χ2v) is 8.47. The van der Waals surface area contributed by atoms with E-state index in [1.165, 1.54) is 22.1 Å². The molecule has 1 aliphatic heterocycles. The summed E-state index contributed by atoms with van der Waals surface area (Å²) in [7, 11) is -3.61. The van der Waals surface area contributed by atoms with Crippen LogP contribution in [0.2, 0.25) is 0 Å². The Kier molecular flexibility index (Phi) is 4.56. The Morgan fingerprint density at radius 2 is 2.00 bits per heavy atom. The molecule has 1 amide bonds. The number of fused-ring (bicyclic) bond motifs is 1. The smallest absolute Gasteiger partial charge is 0.268 e. The summed E-state index contributed by atoms with van der Waals surface area (Å²) in [5.41, 5.74) is 2.63. The number of morpholine rings is 1. The van der Waals surface area contributed by atoms with Crippen molar-refractivity contribution in [2.75, 3.05) is 26.3 Å². The van der Waals surface area contributed by atoms with Crippen LogP contribution in [0.4, 0.5) is 0 Å². The van der Waals surface area contributed by atoms with Gasteiger partial charge in [-0.3, -0.25) is 4.79 Å². The molecule has 0 spiro atoms. The molecule has 4 rings (SSSR count). The van der Waals surface area contributed by atoms with Crippen LogP contribution in [-0.2, 0) is 21.2 Å². The summed E-state index contributed by atoms with van der Waals surface area (Å²) in [5.74, 6) is -0.296. The van der Waals surface area contributed by atoms with Gasteiger partial charge in [-0.1, -0.05) is 24.3 Å². The maximum absolute atomic E-state index is 12.7. The fourth-order valence-electron chi connectivity index (χ4n) is 3.53. The lowest BCUT2D eigenvalue weighted by molar-refractivity contribution is 0.0730. The number of hydrogen-bond acceptors (Lipinski definition) is 4. The van der Waals surface area contributed by atoms with Crippen molar-refractivity contribution in [3.8, 4) is 0 Å². The van der Waals surface area contributed by atoms with Crippen molar-refractivity contribution in [2.45, 2.75) is 23.8 Å². The minimum absolute atomic E-state index is 0.0405. The number of nitrogens with one attached hydrogen (secondary N) is 2. The Morgan fingerprint density at radius 3 is 2.81 bits per heavy atom. The molecule has 0 radical (unpaired) electrons. The predicted molar refractivity (Wildman–Crippen MR) is 95.3 cm³/mol. The Hall–Kier alpha value is -2.16. The molecule has 0 bridgehead atoms. The fourth-order valence-corrected chi connectivity index (χ4v) is 4.94. The molecular formula is C18H21N3O4S. The van der Waals surface area contributed by atoms with E-state index in [1.54, 1.807) is 0 Å². The normalized spacial score (nSPS) is 20.7. The van der Waals surface area contributed by atoms with Crippen molar-refractivity contribution < 1.29 is 17.9 Å². The van der Waals surface area contributed by atoms with E-state index in [9.17, 15) is 13.2 Å². The molecule has 1 aromatic carbocycles. The van der Waals surface area contributed by atoms with Gasteiger partial charge in [0.2, 0.25) is 10.0 Å². The summed E-state index contributed by atoms with van der Waals surface area (Å²) < 4.78 is 31.9. The third-order valence-electron chi connectivity index (χ3n) is 4.95. The molecule has 26 heavy (non-hydrogen) atoms. The molecule has 1 saturated heterocycles. The van der Waals surface area contributed by atoms with Crippen LogP contribution in [0.5, 0.6) is 0 Å². The minimum Gasteiger partial charge on any atom is -0.379 e. The highest BCUT2D eigenvalue weighted by molar-refractivity contribution is 7.89. The number of aryl methyl sites for hydroxylation is 1. The van der Waals surface area contributed by atoms with E-state index in [1.807, 2.05) is 18.2 Å². The Balaban J connectivity index is 1.49. The number of carbonyl (C=O) groups excluding carboxylic acids is 1.